The highest BCUT2D eigenvalue weighted by molar-refractivity contribution is 9.10. The maximum atomic E-state index is 11.9. The number of rotatable bonds is 6. The summed E-state index contributed by atoms with van der Waals surface area (Å²) in [6, 6.07) is 7.34. The summed E-state index contributed by atoms with van der Waals surface area (Å²) < 4.78 is 2.67. The molecule has 2 rings (SSSR count). The lowest BCUT2D eigenvalue weighted by molar-refractivity contribution is 0.0954. The van der Waals surface area contributed by atoms with Crippen LogP contribution in [-0.4, -0.2) is 28.8 Å². The molecule has 0 aliphatic rings. The van der Waals surface area contributed by atoms with Crippen molar-refractivity contribution in [2.24, 2.45) is 7.05 Å². The van der Waals surface area contributed by atoms with Crippen molar-refractivity contribution in [3.63, 3.8) is 0 Å². The van der Waals surface area contributed by atoms with Crippen molar-refractivity contribution in [2.75, 3.05) is 13.1 Å². The predicted octanol–water partition coefficient (Wildman–Crippen LogP) is 1.70. The number of nitrogens with one attached hydrogen (secondary N) is 2. The maximum absolute atomic E-state index is 11.9. The number of amides is 1. The van der Waals surface area contributed by atoms with Crippen LogP contribution in [-0.2, 0) is 13.6 Å². The fourth-order valence-corrected chi connectivity index (χ4v) is 2.19. The Hall–Kier alpha value is -1.66. The fraction of sp³-hybridized carbons (Fsp3) is 0.286. The number of carbonyl (C=O) groups excluding carboxylic acids is 1. The lowest BCUT2D eigenvalue weighted by Gasteiger charge is -2.06. The van der Waals surface area contributed by atoms with Gasteiger partial charge in [-0.3, -0.25) is 9.48 Å². The zero-order valence-corrected chi connectivity index (χ0v) is 12.9. The molecule has 2 N–H and O–H groups in total. The average Bonchev–Trinajstić information content (AvgIpc) is 2.84. The second-order valence-corrected chi connectivity index (χ2v) is 5.38. The van der Waals surface area contributed by atoms with Gasteiger partial charge in [0.1, 0.15) is 0 Å². The molecule has 20 heavy (non-hydrogen) atoms. The summed E-state index contributed by atoms with van der Waals surface area (Å²) in [5, 5.41) is 10.2. The molecule has 1 aromatic carbocycles. The first-order valence-corrected chi connectivity index (χ1v) is 7.16. The van der Waals surface area contributed by atoms with E-state index >= 15 is 0 Å². The minimum atomic E-state index is -0.0607. The summed E-state index contributed by atoms with van der Waals surface area (Å²) in [7, 11) is 1.89. The van der Waals surface area contributed by atoms with Gasteiger partial charge in [-0.15, -0.1) is 0 Å². The van der Waals surface area contributed by atoms with E-state index in [0.717, 1.165) is 16.6 Å². The molecule has 0 unspecified atom stereocenters. The van der Waals surface area contributed by atoms with Crippen molar-refractivity contribution in [2.45, 2.75) is 6.54 Å². The van der Waals surface area contributed by atoms with Gasteiger partial charge in [-0.25, -0.2) is 0 Å². The molecule has 0 saturated heterocycles. The van der Waals surface area contributed by atoms with Gasteiger partial charge in [-0.1, -0.05) is 22.0 Å². The Kier molecular flexibility index (Phi) is 5.31. The van der Waals surface area contributed by atoms with Crippen LogP contribution < -0.4 is 10.6 Å². The fourth-order valence-electron chi connectivity index (χ4n) is 1.79. The molecule has 0 spiro atoms. The van der Waals surface area contributed by atoms with Crippen molar-refractivity contribution >= 4 is 21.8 Å². The number of hydrogen-bond acceptors (Lipinski definition) is 3. The maximum Gasteiger partial charge on any atom is 0.251 e. The average molecular weight is 337 g/mol. The molecule has 0 aliphatic heterocycles. The van der Waals surface area contributed by atoms with E-state index in [1.165, 1.54) is 0 Å². The monoisotopic (exact) mass is 336 g/mol. The highest BCUT2D eigenvalue weighted by Gasteiger charge is 2.04. The van der Waals surface area contributed by atoms with E-state index in [1.54, 1.807) is 16.8 Å². The first-order chi connectivity index (χ1) is 9.65. The first-order valence-electron chi connectivity index (χ1n) is 6.37. The van der Waals surface area contributed by atoms with Gasteiger partial charge in [0.2, 0.25) is 0 Å². The standard InChI is InChI=1S/C14H17BrN4O/c1-19-10-11(9-18-19)8-16-5-6-17-14(20)12-3-2-4-13(15)7-12/h2-4,7,9-10,16H,5-6,8H2,1H3,(H,17,20). The third-order valence-electron chi connectivity index (χ3n) is 2.76. The van der Waals surface area contributed by atoms with E-state index in [9.17, 15) is 4.79 Å². The van der Waals surface area contributed by atoms with Crippen LogP contribution in [0.3, 0.4) is 0 Å². The zero-order chi connectivity index (χ0) is 14.4. The number of hydrogen-bond donors (Lipinski definition) is 2. The molecule has 0 atom stereocenters. The van der Waals surface area contributed by atoms with Gasteiger partial charge < -0.3 is 10.6 Å². The predicted molar refractivity (Wildman–Crippen MR) is 81.4 cm³/mol. The second kappa shape index (κ2) is 7.21. The summed E-state index contributed by atoms with van der Waals surface area (Å²) in [6.45, 7) is 2.06. The highest BCUT2D eigenvalue weighted by Crippen LogP contribution is 2.11. The Labute approximate surface area is 126 Å². The third-order valence-corrected chi connectivity index (χ3v) is 3.25. The van der Waals surface area contributed by atoms with E-state index < -0.39 is 0 Å². The summed E-state index contributed by atoms with van der Waals surface area (Å²) >= 11 is 3.35. The van der Waals surface area contributed by atoms with Crippen molar-refractivity contribution in [3.05, 3.63) is 52.3 Å². The number of nitrogens with zero attached hydrogens (tertiary/aromatic N) is 2. The normalized spacial score (nSPS) is 10.5. The largest absolute Gasteiger partial charge is 0.351 e. The Bertz CT molecular complexity index is 582. The zero-order valence-electron chi connectivity index (χ0n) is 11.3. The molecule has 1 aromatic heterocycles. The van der Waals surface area contributed by atoms with Crippen LogP contribution in [0.5, 0.6) is 0 Å². The van der Waals surface area contributed by atoms with Gasteiger partial charge in [0.15, 0.2) is 0 Å². The summed E-state index contributed by atoms with van der Waals surface area (Å²) in [5.74, 6) is -0.0607. The van der Waals surface area contributed by atoms with E-state index in [-0.39, 0.29) is 5.91 Å². The molecule has 1 amide bonds. The molecular weight excluding hydrogens is 320 g/mol. The van der Waals surface area contributed by atoms with Crippen LogP contribution in [0.2, 0.25) is 0 Å². The van der Waals surface area contributed by atoms with Crippen LogP contribution >= 0.6 is 15.9 Å². The number of aromatic nitrogens is 2. The molecule has 0 bridgehead atoms. The minimum absolute atomic E-state index is 0.0607. The number of benzene rings is 1. The van der Waals surface area contributed by atoms with E-state index in [1.807, 2.05) is 31.6 Å². The van der Waals surface area contributed by atoms with Crippen LogP contribution in [0.4, 0.5) is 0 Å². The molecule has 1 heterocycles. The number of carbonyl (C=O) groups is 1. The highest BCUT2D eigenvalue weighted by atomic mass is 79.9. The SMILES string of the molecule is Cn1cc(CNCCNC(=O)c2cccc(Br)c2)cn1. The van der Waals surface area contributed by atoms with E-state index in [4.69, 9.17) is 0 Å². The van der Waals surface area contributed by atoms with Gasteiger partial charge in [-0.05, 0) is 18.2 Å². The van der Waals surface area contributed by atoms with Crippen LogP contribution in [0.1, 0.15) is 15.9 Å². The summed E-state index contributed by atoms with van der Waals surface area (Å²) in [5.41, 5.74) is 1.79. The van der Waals surface area contributed by atoms with E-state index in [2.05, 4.69) is 31.7 Å². The molecule has 2 aromatic rings. The molecule has 5 nitrogen and oxygen atoms in total. The Morgan fingerprint density at radius 1 is 1.40 bits per heavy atom. The Morgan fingerprint density at radius 2 is 2.25 bits per heavy atom. The van der Waals surface area contributed by atoms with Crippen molar-refractivity contribution in [1.82, 2.24) is 20.4 Å². The molecule has 0 radical (unpaired) electrons. The molecule has 6 heteroatoms. The minimum Gasteiger partial charge on any atom is -0.351 e. The van der Waals surface area contributed by atoms with Gasteiger partial charge in [-0.2, -0.15) is 5.10 Å². The lowest BCUT2D eigenvalue weighted by atomic mass is 10.2. The van der Waals surface area contributed by atoms with Crippen LogP contribution in [0.25, 0.3) is 0 Å². The van der Waals surface area contributed by atoms with Gasteiger partial charge >= 0.3 is 0 Å². The molecular formula is C14H17BrN4O. The third kappa shape index (κ3) is 4.47. The van der Waals surface area contributed by atoms with E-state index in [0.29, 0.717) is 18.7 Å². The molecule has 0 fully saturated rings. The first kappa shape index (κ1) is 14.7. The van der Waals surface area contributed by atoms with Gasteiger partial charge in [0.05, 0.1) is 6.20 Å². The van der Waals surface area contributed by atoms with Crippen LogP contribution in [0.15, 0.2) is 41.1 Å². The Balaban J connectivity index is 1.67. The molecule has 0 saturated carbocycles. The summed E-state index contributed by atoms with van der Waals surface area (Å²) in [6.07, 6.45) is 3.79. The molecule has 0 aliphatic carbocycles. The van der Waals surface area contributed by atoms with Gasteiger partial charge in [0.25, 0.3) is 5.91 Å². The van der Waals surface area contributed by atoms with Gasteiger partial charge in [0, 0.05) is 48.5 Å². The Morgan fingerprint density at radius 3 is 2.95 bits per heavy atom. The number of halogens is 1. The second-order valence-electron chi connectivity index (χ2n) is 4.47. The van der Waals surface area contributed by atoms with Crippen molar-refractivity contribution in [3.8, 4) is 0 Å². The molecule has 106 valence electrons. The van der Waals surface area contributed by atoms with Crippen molar-refractivity contribution < 1.29 is 4.79 Å². The summed E-state index contributed by atoms with van der Waals surface area (Å²) in [4.78, 5) is 11.9. The number of aryl methyl sites for hydroxylation is 1. The quantitative estimate of drug-likeness (QED) is 0.789. The van der Waals surface area contributed by atoms with Crippen molar-refractivity contribution in [1.29, 1.82) is 0 Å². The topological polar surface area (TPSA) is 59.0 Å². The smallest absolute Gasteiger partial charge is 0.251 e. The van der Waals surface area contributed by atoms with Crippen LogP contribution in [0, 0.1) is 0 Å². The lowest BCUT2D eigenvalue weighted by Crippen LogP contribution is -2.31.